The van der Waals surface area contributed by atoms with Crippen molar-refractivity contribution in [2.24, 2.45) is 0 Å². The molecule has 1 unspecified atom stereocenters. The molecular weight excluding hydrogens is 260 g/mol. The van der Waals surface area contributed by atoms with Gasteiger partial charge in [0.05, 0.1) is 19.7 Å². The molecule has 2 heterocycles. The van der Waals surface area contributed by atoms with Crippen LogP contribution in [0.2, 0.25) is 0 Å². The van der Waals surface area contributed by atoms with Crippen LogP contribution in [0, 0.1) is 0 Å². The highest BCUT2D eigenvalue weighted by Crippen LogP contribution is 2.11. The zero-order valence-corrected chi connectivity index (χ0v) is 11.8. The average molecular weight is 280 g/mol. The molecule has 1 saturated heterocycles. The van der Waals surface area contributed by atoms with Crippen LogP contribution < -0.4 is 5.32 Å². The molecule has 1 N–H and O–H groups in total. The van der Waals surface area contributed by atoms with E-state index < -0.39 is 5.97 Å². The Morgan fingerprint density at radius 1 is 1.40 bits per heavy atom. The summed E-state index contributed by atoms with van der Waals surface area (Å²) in [6.07, 6.45) is 2.16. The van der Waals surface area contributed by atoms with E-state index in [2.05, 4.69) is 10.1 Å². The van der Waals surface area contributed by atoms with Crippen LogP contribution in [0.15, 0.2) is 16.5 Å². The number of carbonyl (C=O) groups is 2. The Bertz CT molecular complexity index is 477. The van der Waals surface area contributed by atoms with Crippen molar-refractivity contribution < 1.29 is 18.7 Å². The highest BCUT2D eigenvalue weighted by atomic mass is 16.5. The third-order valence-corrected chi connectivity index (χ3v) is 3.42. The minimum Gasteiger partial charge on any atom is -0.463 e. The quantitative estimate of drug-likeness (QED) is 0.820. The van der Waals surface area contributed by atoms with Gasteiger partial charge in [0.2, 0.25) is 11.7 Å². The lowest BCUT2D eigenvalue weighted by Gasteiger charge is -2.20. The highest BCUT2D eigenvalue weighted by Gasteiger charge is 2.23. The van der Waals surface area contributed by atoms with Crippen LogP contribution >= 0.6 is 0 Å². The van der Waals surface area contributed by atoms with Crippen LogP contribution in [0.1, 0.15) is 36.1 Å². The van der Waals surface area contributed by atoms with Crippen LogP contribution in [0.4, 0.5) is 0 Å². The molecule has 0 saturated carbocycles. The fourth-order valence-electron chi connectivity index (χ4n) is 2.24. The molecule has 1 aliphatic rings. The number of furan rings is 1. The van der Waals surface area contributed by atoms with E-state index in [4.69, 9.17) is 4.42 Å². The maximum atomic E-state index is 12.1. The minimum absolute atomic E-state index is 0.113. The Kier molecular flexibility index (Phi) is 4.79. The molecule has 0 radical (unpaired) electrons. The Morgan fingerprint density at radius 3 is 2.75 bits per heavy atom. The van der Waals surface area contributed by atoms with E-state index in [0.29, 0.717) is 12.3 Å². The van der Waals surface area contributed by atoms with E-state index in [1.165, 1.54) is 7.11 Å². The second-order valence-corrected chi connectivity index (χ2v) is 4.89. The monoisotopic (exact) mass is 280 g/mol. The van der Waals surface area contributed by atoms with Gasteiger partial charge in [-0.05, 0) is 31.9 Å². The second kappa shape index (κ2) is 6.56. The smallest absolute Gasteiger partial charge is 0.373 e. The van der Waals surface area contributed by atoms with Crippen molar-refractivity contribution in [2.75, 3.05) is 20.2 Å². The minimum atomic E-state index is -0.502. The number of methoxy groups -OCH3 is 1. The second-order valence-electron chi connectivity index (χ2n) is 4.89. The van der Waals surface area contributed by atoms with Crippen molar-refractivity contribution in [1.29, 1.82) is 0 Å². The molecular formula is C14H20N2O4. The van der Waals surface area contributed by atoms with Crippen molar-refractivity contribution in [3.05, 3.63) is 23.7 Å². The Labute approximate surface area is 118 Å². The predicted molar refractivity (Wildman–Crippen MR) is 72.2 cm³/mol. The van der Waals surface area contributed by atoms with Crippen molar-refractivity contribution in [3.8, 4) is 0 Å². The number of esters is 1. The lowest BCUT2D eigenvalue weighted by molar-refractivity contribution is -0.132. The summed E-state index contributed by atoms with van der Waals surface area (Å²) in [6, 6.07) is 3.00. The zero-order valence-electron chi connectivity index (χ0n) is 11.8. The molecule has 0 bridgehead atoms. The average Bonchev–Trinajstić information content (AvgIpc) is 3.13. The lowest BCUT2D eigenvalue weighted by atomic mass is 10.3. The van der Waals surface area contributed by atoms with Crippen molar-refractivity contribution >= 4 is 11.9 Å². The highest BCUT2D eigenvalue weighted by molar-refractivity contribution is 5.86. The van der Waals surface area contributed by atoms with Crippen LogP contribution in [-0.2, 0) is 16.1 Å². The third kappa shape index (κ3) is 3.39. The van der Waals surface area contributed by atoms with E-state index in [9.17, 15) is 9.59 Å². The molecule has 1 fully saturated rings. The fraction of sp³-hybridized carbons (Fsp3) is 0.571. The Balaban J connectivity index is 1.83. The van der Waals surface area contributed by atoms with Gasteiger partial charge in [0.15, 0.2) is 0 Å². The van der Waals surface area contributed by atoms with Crippen molar-refractivity contribution in [3.63, 3.8) is 0 Å². The van der Waals surface area contributed by atoms with Gasteiger partial charge in [0, 0.05) is 13.1 Å². The Morgan fingerprint density at radius 2 is 2.10 bits per heavy atom. The van der Waals surface area contributed by atoms with Crippen LogP contribution in [0.5, 0.6) is 0 Å². The van der Waals surface area contributed by atoms with Gasteiger partial charge < -0.3 is 14.1 Å². The first-order valence-electron chi connectivity index (χ1n) is 6.81. The predicted octanol–water partition coefficient (Wildman–Crippen LogP) is 1.17. The first-order chi connectivity index (χ1) is 9.61. The molecule has 2 rings (SSSR count). The van der Waals surface area contributed by atoms with E-state index >= 15 is 0 Å². The molecule has 20 heavy (non-hydrogen) atoms. The number of nitrogens with one attached hydrogen (secondary N) is 1. The standard InChI is InChI=1S/C14H20N2O4/c1-10(13(17)16-7-3-4-8-16)15-9-11-5-6-12(20-11)14(18)19-2/h5-6,10,15H,3-4,7-9H2,1-2H3. The number of amides is 1. The van der Waals surface area contributed by atoms with Gasteiger partial charge in [-0.1, -0.05) is 0 Å². The first-order valence-corrected chi connectivity index (χ1v) is 6.81. The van der Waals surface area contributed by atoms with Crippen LogP contribution in [-0.4, -0.2) is 43.0 Å². The molecule has 1 aliphatic heterocycles. The maximum Gasteiger partial charge on any atom is 0.373 e. The molecule has 0 aliphatic carbocycles. The molecule has 1 atom stereocenters. The largest absolute Gasteiger partial charge is 0.463 e. The van der Waals surface area contributed by atoms with E-state index in [-0.39, 0.29) is 17.7 Å². The summed E-state index contributed by atoms with van der Waals surface area (Å²) < 4.78 is 9.90. The number of nitrogens with zero attached hydrogens (tertiary/aromatic N) is 1. The summed E-state index contributed by atoms with van der Waals surface area (Å²) in [6.45, 7) is 3.93. The zero-order chi connectivity index (χ0) is 14.5. The SMILES string of the molecule is COC(=O)c1ccc(CNC(C)C(=O)N2CCCC2)o1. The Hall–Kier alpha value is -1.82. The molecule has 1 aromatic rings. The van der Waals surface area contributed by atoms with Crippen LogP contribution in [0.25, 0.3) is 0 Å². The summed E-state index contributed by atoms with van der Waals surface area (Å²) >= 11 is 0. The van der Waals surface area contributed by atoms with Gasteiger partial charge in [-0.15, -0.1) is 0 Å². The van der Waals surface area contributed by atoms with Gasteiger partial charge in [0.25, 0.3) is 0 Å². The summed E-state index contributed by atoms with van der Waals surface area (Å²) in [5, 5.41) is 3.11. The van der Waals surface area contributed by atoms with Gasteiger partial charge in [-0.2, -0.15) is 0 Å². The first kappa shape index (κ1) is 14.6. The lowest BCUT2D eigenvalue weighted by Crippen LogP contribution is -2.43. The van der Waals surface area contributed by atoms with Gasteiger partial charge in [-0.25, -0.2) is 4.79 Å². The summed E-state index contributed by atoms with van der Waals surface area (Å²) in [7, 11) is 1.31. The summed E-state index contributed by atoms with van der Waals surface area (Å²) in [4.78, 5) is 25.2. The molecule has 0 aromatic carbocycles. The van der Waals surface area contributed by atoms with Gasteiger partial charge >= 0.3 is 5.97 Å². The van der Waals surface area contributed by atoms with Gasteiger partial charge in [0.1, 0.15) is 5.76 Å². The molecule has 1 amide bonds. The third-order valence-electron chi connectivity index (χ3n) is 3.42. The van der Waals surface area contributed by atoms with Gasteiger partial charge in [-0.3, -0.25) is 10.1 Å². The molecule has 6 nitrogen and oxygen atoms in total. The van der Waals surface area contributed by atoms with Crippen molar-refractivity contribution in [2.45, 2.75) is 32.4 Å². The summed E-state index contributed by atoms with van der Waals surface area (Å²) in [5.41, 5.74) is 0. The topological polar surface area (TPSA) is 71.8 Å². The number of ether oxygens (including phenoxy) is 1. The van der Waals surface area contributed by atoms with Crippen molar-refractivity contribution in [1.82, 2.24) is 10.2 Å². The molecule has 110 valence electrons. The molecule has 1 aromatic heterocycles. The number of likely N-dealkylation sites (tertiary alicyclic amines) is 1. The van der Waals surface area contributed by atoms with Crippen LogP contribution in [0.3, 0.4) is 0 Å². The van der Waals surface area contributed by atoms with E-state index in [1.807, 2.05) is 11.8 Å². The number of hydrogen-bond acceptors (Lipinski definition) is 5. The van der Waals surface area contributed by atoms with E-state index in [0.717, 1.165) is 25.9 Å². The fourth-order valence-corrected chi connectivity index (χ4v) is 2.24. The normalized spacial score (nSPS) is 16.2. The maximum absolute atomic E-state index is 12.1. The molecule has 0 spiro atoms. The number of carbonyl (C=O) groups excluding carboxylic acids is 2. The number of rotatable bonds is 5. The van der Waals surface area contributed by atoms with E-state index in [1.54, 1.807) is 12.1 Å². The summed E-state index contributed by atoms with van der Waals surface area (Å²) in [5.74, 6) is 0.383. The number of hydrogen-bond donors (Lipinski definition) is 1. The molecule has 6 heteroatoms.